The Bertz CT molecular complexity index is 488. The predicted octanol–water partition coefficient (Wildman–Crippen LogP) is 2.91. The monoisotopic (exact) mass is 300 g/mol. The lowest BCUT2D eigenvalue weighted by Crippen LogP contribution is -2.41. The van der Waals surface area contributed by atoms with Crippen molar-refractivity contribution < 1.29 is 17.9 Å². The number of benzene rings is 1. The number of alkyl halides is 3. The molecule has 3 rings (SSSR count). The van der Waals surface area contributed by atoms with Crippen LogP contribution in [0.5, 0.6) is 0 Å². The first-order valence-electron chi connectivity index (χ1n) is 7.30. The molecule has 0 amide bonds. The Kier molecular flexibility index (Phi) is 4.08. The maximum Gasteiger partial charge on any atom is 0.522 e. The summed E-state index contributed by atoms with van der Waals surface area (Å²) in [5, 5.41) is 3.53. The van der Waals surface area contributed by atoms with E-state index < -0.39 is 6.36 Å². The molecule has 1 aromatic rings. The highest BCUT2D eigenvalue weighted by Gasteiger charge is 2.34. The number of para-hydroxylation sites is 1. The molecule has 1 unspecified atom stereocenters. The summed E-state index contributed by atoms with van der Waals surface area (Å²) in [5.41, 5.74) is 2.14. The Hall–Kier alpha value is -1.27. The fourth-order valence-corrected chi connectivity index (χ4v) is 2.91. The lowest BCUT2D eigenvalue weighted by atomic mass is 10.1. The van der Waals surface area contributed by atoms with Gasteiger partial charge in [0, 0.05) is 31.4 Å². The summed E-state index contributed by atoms with van der Waals surface area (Å²) in [7, 11) is 0. The lowest BCUT2D eigenvalue weighted by molar-refractivity contribution is -0.323. The molecule has 1 fully saturated rings. The first kappa shape index (κ1) is 14.7. The van der Waals surface area contributed by atoms with Gasteiger partial charge in [0.15, 0.2) is 0 Å². The van der Waals surface area contributed by atoms with Gasteiger partial charge in [-0.15, -0.1) is 13.2 Å². The largest absolute Gasteiger partial charge is 0.522 e. The number of anilines is 1. The van der Waals surface area contributed by atoms with Gasteiger partial charge in [0.05, 0.1) is 6.61 Å². The van der Waals surface area contributed by atoms with Crippen LogP contribution in [-0.4, -0.2) is 32.1 Å². The molecular weight excluding hydrogens is 281 g/mol. The molecule has 0 saturated heterocycles. The molecule has 1 aromatic carbocycles. The third-order valence-corrected chi connectivity index (χ3v) is 4.12. The molecule has 1 atom stereocenters. The van der Waals surface area contributed by atoms with Crippen molar-refractivity contribution in [3.05, 3.63) is 29.8 Å². The van der Waals surface area contributed by atoms with E-state index in [0.717, 1.165) is 24.3 Å². The molecule has 2 aliphatic rings. The number of hydrogen-bond acceptors (Lipinski definition) is 3. The molecule has 1 N–H and O–H groups in total. The topological polar surface area (TPSA) is 24.5 Å². The van der Waals surface area contributed by atoms with E-state index in [1.165, 1.54) is 12.8 Å². The van der Waals surface area contributed by atoms with Gasteiger partial charge in [-0.05, 0) is 30.4 Å². The van der Waals surface area contributed by atoms with Gasteiger partial charge in [0.2, 0.25) is 0 Å². The standard InChI is InChI=1S/C15H19F3N2O/c16-15(17,18)21-8-7-20-10-13(11-5-6-11)19-9-12-3-1-2-4-14(12)20/h1-4,11,13,19H,5-10H2. The van der Waals surface area contributed by atoms with E-state index >= 15 is 0 Å². The number of fused-ring (bicyclic) bond motifs is 1. The summed E-state index contributed by atoms with van der Waals surface area (Å²) in [4.78, 5) is 2.02. The molecule has 3 nitrogen and oxygen atoms in total. The SMILES string of the molecule is FC(F)(F)OCCN1CC(C2CC2)NCc2ccccc21. The lowest BCUT2D eigenvalue weighted by Gasteiger charge is -2.27. The number of ether oxygens (including phenoxy) is 1. The average molecular weight is 300 g/mol. The first-order valence-corrected chi connectivity index (χ1v) is 7.30. The van der Waals surface area contributed by atoms with Crippen LogP contribution in [0.15, 0.2) is 24.3 Å². The molecule has 1 saturated carbocycles. The Morgan fingerprint density at radius 3 is 2.71 bits per heavy atom. The maximum atomic E-state index is 12.1. The van der Waals surface area contributed by atoms with Crippen LogP contribution in [0.1, 0.15) is 18.4 Å². The molecule has 1 aliphatic heterocycles. The number of rotatable bonds is 4. The van der Waals surface area contributed by atoms with Crippen molar-refractivity contribution in [2.75, 3.05) is 24.6 Å². The highest BCUT2D eigenvalue weighted by molar-refractivity contribution is 5.54. The van der Waals surface area contributed by atoms with Crippen LogP contribution in [0, 0.1) is 5.92 Å². The van der Waals surface area contributed by atoms with Crippen LogP contribution < -0.4 is 10.2 Å². The Morgan fingerprint density at radius 1 is 1.24 bits per heavy atom. The fraction of sp³-hybridized carbons (Fsp3) is 0.600. The van der Waals surface area contributed by atoms with Gasteiger partial charge >= 0.3 is 6.36 Å². The van der Waals surface area contributed by atoms with Crippen molar-refractivity contribution in [1.82, 2.24) is 5.32 Å². The van der Waals surface area contributed by atoms with Crippen molar-refractivity contribution >= 4 is 5.69 Å². The molecule has 0 spiro atoms. The predicted molar refractivity (Wildman–Crippen MR) is 74.0 cm³/mol. The second-order valence-electron chi connectivity index (χ2n) is 5.69. The highest BCUT2D eigenvalue weighted by atomic mass is 19.4. The van der Waals surface area contributed by atoms with Gasteiger partial charge in [-0.3, -0.25) is 4.74 Å². The molecule has 6 heteroatoms. The smallest absolute Gasteiger partial charge is 0.367 e. The summed E-state index contributed by atoms with van der Waals surface area (Å²) in [5.74, 6) is 0.658. The van der Waals surface area contributed by atoms with E-state index in [1.807, 2.05) is 29.2 Å². The van der Waals surface area contributed by atoms with Crippen molar-refractivity contribution in [3.63, 3.8) is 0 Å². The first-order chi connectivity index (χ1) is 10.0. The quantitative estimate of drug-likeness (QED) is 0.925. The zero-order valence-electron chi connectivity index (χ0n) is 11.7. The van der Waals surface area contributed by atoms with Gasteiger partial charge in [0.1, 0.15) is 0 Å². The van der Waals surface area contributed by atoms with Crippen molar-refractivity contribution in [2.45, 2.75) is 31.8 Å². The van der Waals surface area contributed by atoms with E-state index in [1.54, 1.807) is 0 Å². The minimum atomic E-state index is -4.56. The zero-order chi connectivity index (χ0) is 14.9. The van der Waals surface area contributed by atoms with Crippen LogP contribution in [0.3, 0.4) is 0 Å². The fourth-order valence-electron chi connectivity index (χ4n) is 2.91. The van der Waals surface area contributed by atoms with Gasteiger partial charge in [-0.25, -0.2) is 0 Å². The molecule has 0 radical (unpaired) electrons. The number of halogens is 3. The molecule has 0 aromatic heterocycles. The van der Waals surface area contributed by atoms with Crippen molar-refractivity contribution in [3.8, 4) is 0 Å². The van der Waals surface area contributed by atoms with Gasteiger partial charge < -0.3 is 10.2 Å². The summed E-state index contributed by atoms with van der Waals surface area (Å²) >= 11 is 0. The zero-order valence-corrected chi connectivity index (χ0v) is 11.7. The Balaban J connectivity index is 1.70. The second kappa shape index (κ2) is 5.85. The number of hydrogen-bond donors (Lipinski definition) is 1. The molecule has 0 bridgehead atoms. The van der Waals surface area contributed by atoms with Crippen LogP contribution in [-0.2, 0) is 11.3 Å². The van der Waals surface area contributed by atoms with E-state index in [4.69, 9.17) is 0 Å². The van der Waals surface area contributed by atoms with Gasteiger partial charge in [0.25, 0.3) is 0 Å². The summed E-state index contributed by atoms with van der Waals surface area (Å²) in [6.45, 7) is 1.42. The van der Waals surface area contributed by atoms with Gasteiger partial charge in [-0.2, -0.15) is 0 Å². The minimum Gasteiger partial charge on any atom is -0.367 e. The molecule has 116 valence electrons. The molecule has 1 aliphatic carbocycles. The van der Waals surface area contributed by atoms with Crippen molar-refractivity contribution in [2.24, 2.45) is 5.92 Å². The molecule has 1 heterocycles. The van der Waals surface area contributed by atoms with Crippen LogP contribution in [0.4, 0.5) is 18.9 Å². The number of nitrogens with zero attached hydrogens (tertiary/aromatic N) is 1. The van der Waals surface area contributed by atoms with Gasteiger partial charge in [-0.1, -0.05) is 18.2 Å². The second-order valence-corrected chi connectivity index (χ2v) is 5.69. The van der Waals surface area contributed by atoms with E-state index in [0.29, 0.717) is 12.0 Å². The van der Waals surface area contributed by atoms with Crippen LogP contribution >= 0.6 is 0 Å². The van der Waals surface area contributed by atoms with Crippen molar-refractivity contribution in [1.29, 1.82) is 0 Å². The van der Waals surface area contributed by atoms with E-state index in [2.05, 4.69) is 10.1 Å². The van der Waals surface area contributed by atoms with E-state index in [-0.39, 0.29) is 13.2 Å². The third kappa shape index (κ3) is 3.89. The van der Waals surface area contributed by atoms with Crippen LogP contribution in [0.25, 0.3) is 0 Å². The van der Waals surface area contributed by atoms with Crippen LogP contribution in [0.2, 0.25) is 0 Å². The third-order valence-electron chi connectivity index (χ3n) is 4.12. The number of nitrogens with one attached hydrogen (secondary N) is 1. The molecular formula is C15H19F3N2O. The summed E-state index contributed by atoms with van der Waals surface area (Å²) < 4.78 is 40.4. The Labute approximate surface area is 122 Å². The minimum absolute atomic E-state index is 0.251. The van der Waals surface area contributed by atoms with E-state index in [9.17, 15) is 13.2 Å². The Morgan fingerprint density at radius 2 is 2.00 bits per heavy atom. The normalized spacial score (nSPS) is 22.8. The summed E-state index contributed by atoms with van der Waals surface area (Å²) in [6, 6.07) is 8.23. The average Bonchev–Trinajstić information content (AvgIpc) is 3.24. The summed E-state index contributed by atoms with van der Waals surface area (Å²) in [6.07, 6.45) is -2.14. The highest BCUT2D eigenvalue weighted by Crippen LogP contribution is 2.35. The molecule has 21 heavy (non-hydrogen) atoms. The maximum absolute atomic E-state index is 12.1.